The van der Waals surface area contributed by atoms with E-state index in [0.717, 1.165) is 26.2 Å². The van der Waals surface area contributed by atoms with Crippen LogP contribution in [0.15, 0.2) is 43.0 Å². The Kier molecular flexibility index (Phi) is 4.23. The van der Waals surface area contributed by atoms with Gasteiger partial charge in [-0.05, 0) is 12.1 Å². The lowest BCUT2D eigenvalue weighted by Gasteiger charge is -2.37. The molecule has 0 amide bonds. The molecule has 1 heterocycles. The van der Waals surface area contributed by atoms with Crippen LogP contribution in [0.1, 0.15) is 0 Å². The lowest BCUT2D eigenvalue weighted by Crippen LogP contribution is -2.48. The maximum absolute atomic E-state index is 3.85. The number of rotatable bonds is 3. The van der Waals surface area contributed by atoms with Crippen LogP contribution in [-0.4, -0.2) is 35.1 Å². The molecule has 16 heavy (non-hydrogen) atoms. The molecule has 0 spiro atoms. The fraction of sp³-hybridized carbons (Fsp3) is 0.385. The number of alkyl halides is 1. The van der Waals surface area contributed by atoms with Crippen molar-refractivity contribution in [2.45, 2.75) is 4.05 Å². The number of piperazine rings is 1. The number of benzene rings is 1. The van der Waals surface area contributed by atoms with Gasteiger partial charge in [0.15, 0.2) is 0 Å². The van der Waals surface area contributed by atoms with Crippen LogP contribution in [0.25, 0.3) is 0 Å². The van der Waals surface area contributed by atoms with E-state index in [0.29, 0.717) is 4.05 Å². The van der Waals surface area contributed by atoms with E-state index in [4.69, 9.17) is 0 Å². The third-order valence-corrected chi connectivity index (χ3v) is 4.28. The second-order valence-electron chi connectivity index (χ2n) is 3.97. The molecule has 3 heteroatoms. The molecule has 0 radical (unpaired) electrons. The van der Waals surface area contributed by atoms with E-state index in [2.05, 4.69) is 69.3 Å². The van der Waals surface area contributed by atoms with Crippen LogP contribution < -0.4 is 4.90 Å². The summed E-state index contributed by atoms with van der Waals surface area (Å²) in [6, 6.07) is 10.6. The Morgan fingerprint density at radius 3 is 2.31 bits per heavy atom. The van der Waals surface area contributed by atoms with Crippen LogP contribution in [0, 0.1) is 0 Å². The zero-order valence-electron chi connectivity index (χ0n) is 9.35. The van der Waals surface area contributed by atoms with Gasteiger partial charge in [-0.3, -0.25) is 4.90 Å². The number of nitrogens with zero attached hydrogens (tertiary/aromatic N) is 2. The van der Waals surface area contributed by atoms with Crippen molar-refractivity contribution in [2.75, 3.05) is 31.1 Å². The van der Waals surface area contributed by atoms with Crippen molar-refractivity contribution in [3.05, 3.63) is 43.0 Å². The Morgan fingerprint density at radius 1 is 1.12 bits per heavy atom. The van der Waals surface area contributed by atoms with Gasteiger partial charge in [-0.1, -0.05) is 46.9 Å². The summed E-state index contributed by atoms with van der Waals surface area (Å²) >= 11 is 2.44. The van der Waals surface area contributed by atoms with E-state index < -0.39 is 0 Å². The highest BCUT2D eigenvalue weighted by atomic mass is 127. The van der Waals surface area contributed by atoms with Gasteiger partial charge in [0.05, 0.1) is 4.05 Å². The molecule has 1 atom stereocenters. The molecule has 0 aromatic heterocycles. The molecule has 0 N–H and O–H groups in total. The van der Waals surface area contributed by atoms with E-state index in [1.807, 2.05) is 6.08 Å². The number of hydrogen-bond acceptors (Lipinski definition) is 2. The molecule has 1 fully saturated rings. The molecule has 2 nitrogen and oxygen atoms in total. The third kappa shape index (κ3) is 2.77. The van der Waals surface area contributed by atoms with Crippen molar-refractivity contribution >= 4 is 28.3 Å². The minimum absolute atomic E-state index is 0.468. The van der Waals surface area contributed by atoms with Gasteiger partial charge in [-0.2, -0.15) is 0 Å². The van der Waals surface area contributed by atoms with Gasteiger partial charge in [0.2, 0.25) is 0 Å². The first-order valence-corrected chi connectivity index (χ1v) is 6.86. The molecule has 1 unspecified atom stereocenters. The largest absolute Gasteiger partial charge is 0.369 e. The number of halogens is 1. The quantitative estimate of drug-likeness (QED) is 0.364. The molecule has 0 aliphatic carbocycles. The van der Waals surface area contributed by atoms with E-state index in [1.165, 1.54) is 5.69 Å². The summed E-state index contributed by atoms with van der Waals surface area (Å²) in [5, 5.41) is 0. The molecule has 1 aliphatic heterocycles. The average Bonchev–Trinajstić information content (AvgIpc) is 2.39. The summed E-state index contributed by atoms with van der Waals surface area (Å²) in [5.41, 5.74) is 1.34. The zero-order chi connectivity index (χ0) is 11.4. The Labute approximate surface area is 111 Å². The molecular formula is C13H17IN2. The van der Waals surface area contributed by atoms with Gasteiger partial charge < -0.3 is 4.90 Å². The van der Waals surface area contributed by atoms with Crippen molar-refractivity contribution in [1.29, 1.82) is 0 Å². The van der Waals surface area contributed by atoms with Crippen LogP contribution in [0.3, 0.4) is 0 Å². The van der Waals surface area contributed by atoms with Gasteiger partial charge in [-0.25, -0.2) is 0 Å². The Balaban J connectivity index is 1.93. The summed E-state index contributed by atoms with van der Waals surface area (Å²) in [6.45, 7) is 8.31. The topological polar surface area (TPSA) is 6.48 Å². The van der Waals surface area contributed by atoms with Crippen LogP contribution in [-0.2, 0) is 0 Å². The SMILES string of the molecule is C=CC(I)N1CCN(c2ccccc2)CC1. The van der Waals surface area contributed by atoms with Crippen LogP contribution in [0.5, 0.6) is 0 Å². The highest BCUT2D eigenvalue weighted by Crippen LogP contribution is 2.18. The van der Waals surface area contributed by atoms with Crippen molar-refractivity contribution < 1.29 is 0 Å². The first kappa shape index (κ1) is 11.9. The second-order valence-corrected chi connectivity index (χ2v) is 5.24. The lowest BCUT2D eigenvalue weighted by molar-refractivity contribution is 0.274. The maximum atomic E-state index is 3.85. The van der Waals surface area contributed by atoms with Crippen molar-refractivity contribution in [3.63, 3.8) is 0 Å². The highest BCUT2D eigenvalue weighted by Gasteiger charge is 2.19. The highest BCUT2D eigenvalue weighted by molar-refractivity contribution is 14.1. The summed E-state index contributed by atoms with van der Waals surface area (Å²) in [7, 11) is 0. The van der Waals surface area contributed by atoms with Gasteiger partial charge in [0, 0.05) is 31.9 Å². The first-order chi connectivity index (χ1) is 7.81. The number of para-hydroxylation sites is 1. The Hall–Kier alpha value is -0.550. The zero-order valence-corrected chi connectivity index (χ0v) is 11.5. The predicted molar refractivity (Wildman–Crippen MR) is 78.2 cm³/mol. The predicted octanol–water partition coefficient (Wildman–Crippen LogP) is 2.76. The van der Waals surface area contributed by atoms with Gasteiger partial charge in [-0.15, -0.1) is 6.58 Å². The molecule has 1 saturated heterocycles. The van der Waals surface area contributed by atoms with E-state index in [1.54, 1.807) is 0 Å². The minimum Gasteiger partial charge on any atom is -0.369 e. The summed E-state index contributed by atoms with van der Waals surface area (Å²) in [6.07, 6.45) is 2.01. The van der Waals surface area contributed by atoms with Crippen LogP contribution in [0.4, 0.5) is 5.69 Å². The molecule has 0 bridgehead atoms. The summed E-state index contributed by atoms with van der Waals surface area (Å²) in [5.74, 6) is 0. The Morgan fingerprint density at radius 2 is 1.75 bits per heavy atom. The molecule has 1 aromatic rings. The summed E-state index contributed by atoms with van der Waals surface area (Å²) in [4.78, 5) is 4.91. The molecule has 2 rings (SSSR count). The third-order valence-electron chi connectivity index (χ3n) is 2.98. The maximum Gasteiger partial charge on any atom is 0.0802 e. The van der Waals surface area contributed by atoms with Gasteiger partial charge in [0.1, 0.15) is 0 Å². The van der Waals surface area contributed by atoms with E-state index >= 15 is 0 Å². The minimum atomic E-state index is 0.468. The smallest absolute Gasteiger partial charge is 0.0802 e. The monoisotopic (exact) mass is 328 g/mol. The fourth-order valence-corrected chi connectivity index (χ4v) is 2.57. The fourth-order valence-electron chi connectivity index (χ4n) is 2.01. The number of hydrogen-bond donors (Lipinski definition) is 0. The first-order valence-electron chi connectivity index (χ1n) is 5.62. The van der Waals surface area contributed by atoms with Crippen molar-refractivity contribution in [1.82, 2.24) is 4.90 Å². The molecule has 86 valence electrons. The van der Waals surface area contributed by atoms with Gasteiger partial charge >= 0.3 is 0 Å². The molecule has 1 aromatic carbocycles. The molecular weight excluding hydrogens is 311 g/mol. The van der Waals surface area contributed by atoms with Crippen LogP contribution >= 0.6 is 22.6 Å². The van der Waals surface area contributed by atoms with Crippen LogP contribution in [0.2, 0.25) is 0 Å². The standard InChI is InChI=1S/C13H17IN2/c1-2-13(14)16-10-8-15(9-11-16)12-6-4-3-5-7-12/h2-7,13H,1,8-11H2. The molecule has 0 saturated carbocycles. The lowest BCUT2D eigenvalue weighted by atomic mass is 10.2. The second kappa shape index (κ2) is 5.68. The van der Waals surface area contributed by atoms with E-state index in [9.17, 15) is 0 Å². The Bertz CT molecular complexity index is 331. The summed E-state index contributed by atoms with van der Waals surface area (Å²) < 4.78 is 0.468. The van der Waals surface area contributed by atoms with Crippen molar-refractivity contribution in [3.8, 4) is 0 Å². The number of anilines is 1. The molecule has 1 aliphatic rings. The van der Waals surface area contributed by atoms with E-state index in [-0.39, 0.29) is 0 Å². The average molecular weight is 328 g/mol. The van der Waals surface area contributed by atoms with Crippen molar-refractivity contribution in [2.24, 2.45) is 0 Å². The normalized spacial score (nSPS) is 19.4. The van der Waals surface area contributed by atoms with Gasteiger partial charge in [0.25, 0.3) is 0 Å².